The van der Waals surface area contributed by atoms with E-state index in [0.717, 1.165) is 0 Å². The fourth-order valence-electron chi connectivity index (χ4n) is 1.35. The first-order valence-electron chi connectivity index (χ1n) is 5.34. The van der Waals surface area contributed by atoms with Gasteiger partial charge >= 0.3 is 0 Å². The first kappa shape index (κ1) is 14.1. The number of hydrogen-bond donors (Lipinski definition) is 1. The van der Waals surface area contributed by atoms with Crippen molar-refractivity contribution in [3.8, 4) is 0 Å². The zero-order valence-corrected chi connectivity index (χ0v) is 10.6. The lowest BCUT2D eigenvalue weighted by Crippen LogP contribution is -2.30. The van der Waals surface area contributed by atoms with Crippen LogP contribution in [0.2, 0.25) is 0 Å². The Labute approximate surface area is 101 Å². The Morgan fingerprint density at radius 2 is 1.88 bits per heavy atom. The molecule has 0 unspecified atom stereocenters. The van der Waals surface area contributed by atoms with E-state index in [2.05, 4.69) is 0 Å². The van der Waals surface area contributed by atoms with Crippen molar-refractivity contribution in [2.45, 2.75) is 12.2 Å². The molecule has 17 heavy (non-hydrogen) atoms. The highest BCUT2D eigenvalue weighted by Gasteiger charge is 2.17. The Morgan fingerprint density at radius 1 is 1.29 bits per heavy atom. The SMILES string of the molecule is CN(CCCN)S(=O)(=O)Cc1ccc(F)cc1. The normalized spacial score (nSPS) is 12.0. The molecular weight excluding hydrogens is 243 g/mol. The summed E-state index contributed by atoms with van der Waals surface area (Å²) < 4.78 is 37.7. The van der Waals surface area contributed by atoms with Crippen LogP contribution in [0, 0.1) is 5.82 Å². The van der Waals surface area contributed by atoms with Crippen LogP contribution >= 0.6 is 0 Å². The van der Waals surface area contributed by atoms with Gasteiger partial charge in [-0.25, -0.2) is 17.1 Å². The van der Waals surface area contributed by atoms with Gasteiger partial charge in [-0.1, -0.05) is 12.1 Å². The van der Waals surface area contributed by atoms with Crippen LogP contribution in [0.4, 0.5) is 4.39 Å². The van der Waals surface area contributed by atoms with Crippen LogP contribution in [-0.2, 0) is 15.8 Å². The number of rotatable bonds is 6. The highest BCUT2D eigenvalue weighted by molar-refractivity contribution is 7.88. The van der Waals surface area contributed by atoms with Crippen molar-refractivity contribution in [3.63, 3.8) is 0 Å². The Morgan fingerprint density at radius 3 is 2.41 bits per heavy atom. The van der Waals surface area contributed by atoms with Gasteiger partial charge in [0.25, 0.3) is 0 Å². The van der Waals surface area contributed by atoms with Gasteiger partial charge in [-0.05, 0) is 30.7 Å². The molecule has 96 valence electrons. The summed E-state index contributed by atoms with van der Waals surface area (Å²) in [5.74, 6) is -0.489. The molecular formula is C11H17FN2O2S. The maximum Gasteiger partial charge on any atom is 0.218 e. The summed E-state index contributed by atoms with van der Waals surface area (Å²) in [6, 6.07) is 5.46. The number of nitrogens with zero attached hydrogens (tertiary/aromatic N) is 1. The van der Waals surface area contributed by atoms with Gasteiger partial charge in [0.1, 0.15) is 5.82 Å². The smallest absolute Gasteiger partial charge is 0.218 e. The molecule has 1 rings (SSSR count). The summed E-state index contributed by atoms with van der Waals surface area (Å²) in [5.41, 5.74) is 5.90. The van der Waals surface area contributed by atoms with E-state index in [4.69, 9.17) is 5.73 Å². The fourth-order valence-corrected chi connectivity index (χ4v) is 2.60. The molecule has 0 atom stereocenters. The predicted octanol–water partition coefficient (Wildman–Crippen LogP) is 0.936. The molecule has 0 fully saturated rings. The van der Waals surface area contributed by atoms with E-state index in [0.29, 0.717) is 25.1 Å². The number of halogens is 1. The monoisotopic (exact) mass is 260 g/mol. The minimum atomic E-state index is -3.34. The number of hydrogen-bond acceptors (Lipinski definition) is 3. The van der Waals surface area contributed by atoms with E-state index < -0.39 is 10.0 Å². The van der Waals surface area contributed by atoms with Crippen molar-refractivity contribution >= 4 is 10.0 Å². The van der Waals surface area contributed by atoms with Gasteiger partial charge < -0.3 is 5.73 Å². The number of sulfonamides is 1. The molecule has 2 N–H and O–H groups in total. The highest BCUT2D eigenvalue weighted by Crippen LogP contribution is 2.10. The molecule has 6 heteroatoms. The lowest BCUT2D eigenvalue weighted by molar-refractivity contribution is 0.463. The van der Waals surface area contributed by atoms with E-state index in [1.165, 1.54) is 35.6 Å². The van der Waals surface area contributed by atoms with Gasteiger partial charge in [0.2, 0.25) is 10.0 Å². The second-order valence-electron chi connectivity index (χ2n) is 3.85. The second-order valence-corrected chi connectivity index (χ2v) is 5.92. The molecule has 0 saturated heterocycles. The maximum absolute atomic E-state index is 12.7. The lowest BCUT2D eigenvalue weighted by atomic mass is 10.2. The topological polar surface area (TPSA) is 63.4 Å². The van der Waals surface area contributed by atoms with Crippen molar-refractivity contribution in [2.24, 2.45) is 5.73 Å². The van der Waals surface area contributed by atoms with Crippen molar-refractivity contribution in [1.29, 1.82) is 0 Å². The molecule has 0 radical (unpaired) electrons. The molecule has 1 aromatic carbocycles. The van der Waals surface area contributed by atoms with Crippen molar-refractivity contribution in [3.05, 3.63) is 35.6 Å². The summed E-state index contributed by atoms with van der Waals surface area (Å²) in [6.07, 6.45) is 0.624. The molecule has 4 nitrogen and oxygen atoms in total. The van der Waals surface area contributed by atoms with E-state index in [1.54, 1.807) is 0 Å². The first-order chi connectivity index (χ1) is 7.95. The molecule has 1 aromatic rings. The van der Waals surface area contributed by atoms with Crippen LogP contribution in [0.5, 0.6) is 0 Å². The number of nitrogens with two attached hydrogens (primary N) is 1. The minimum absolute atomic E-state index is 0.117. The average molecular weight is 260 g/mol. The van der Waals surface area contributed by atoms with Gasteiger partial charge in [-0.15, -0.1) is 0 Å². The minimum Gasteiger partial charge on any atom is -0.330 e. The quantitative estimate of drug-likeness (QED) is 0.828. The Kier molecular flexibility index (Phi) is 5.04. The molecule has 0 spiro atoms. The maximum atomic E-state index is 12.7. The fraction of sp³-hybridized carbons (Fsp3) is 0.455. The van der Waals surface area contributed by atoms with Crippen LogP contribution in [0.25, 0.3) is 0 Å². The zero-order valence-electron chi connectivity index (χ0n) is 9.77. The summed E-state index contributed by atoms with van der Waals surface area (Å²) in [4.78, 5) is 0. The predicted molar refractivity (Wildman–Crippen MR) is 65.3 cm³/mol. The number of benzene rings is 1. The van der Waals surface area contributed by atoms with Gasteiger partial charge in [0, 0.05) is 13.6 Å². The largest absolute Gasteiger partial charge is 0.330 e. The van der Waals surface area contributed by atoms with Gasteiger partial charge in [0.15, 0.2) is 0 Å². The van der Waals surface area contributed by atoms with Crippen LogP contribution < -0.4 is 5.73 Å². The lowest BCUT2D eigenvalue weighted by Gasteiger charge is -2.16. The van der Waals surface area contributed by atoms with Crippen LogP contribution in [0.1, 0.15) is 12.0 Å². The average Bonchev–Trinajstić information content (AvgIpc) is 2.28. The molecule has 0 amide bonds. The van der Waals surface area contributed by atoms with Crippen molar-refractivity contribution in [2.75, 3.05) is 20.1 Å². The van der Waals surface area contributed by atoms with Crippen molar-refractivity contribution in [1.82, 2.24) is 4.31 Å². The summed E-state index contributed by atoms with van der Waals surface area (Å²) in [7, 11) is -1.82. The Balaban J connectivity index is 2.69. The molecule has 0 aliphatic heterocycles. The van der Waals surface area contributed by atoms with Gasteiger partial charge in [-0.2, -0.15) is 0 Å². The van der Waals surface area contributed by atoms with Gasteiger partial charge in [0.05, 0.1) is 5.75 Å². The van der Waals surface area contributed by atoms with Crippen LogP contribution in [-0.4, -0.2) is 32.9 Å². The molecule has 0 aliphatic rings. The standard InChI is InChI=1S/C11H17FN2O2S/c1-14(8-2-7-13)17(15,16)9-10-3-5-11(12)6-4-10/h3-6H,2,7-9,13H2,1H3. The van der Waals surface area contributed by atoms with Gasteiger partial charge in [-0.3, -0.25) is 0 Å². The summed E-state index contributed by atoms with van der Waals surface area (Å²) >= 11 is 0. The molecule has 0 aromatic heterocycles. The van der Waals surface area contributed by atoms with E-state index in [9.17, 15) is 12.8 Å². The Bertz CT molecular complexity index is 445. The third-order valence-electron chi connectivity index (χ3n) is 2.41. The molecule has 0 heterocycles. The third kappa shape index (κ3) is 4.41. The third-order valence-corrected chi connectivity index (χ3v) is 4.24. The summed E-state index contributed by atoms with van der Waals surface area (Å²) in [6.45, 7) is 0.858. The van der Waals surface area contributed by atoms with Crippen LogP contribution in [0.15, 0.2) is 24.3 Å². The molecule has 0 bridgehead atoms. The summed E-state index contributed by atoms with van der Waals surface area (Å²) in [5, 5.41) is 0. The van der Waals surface area contributed by atoms with E-state index >= 15 is 0 Å². The van der Waals surface area contributed by atoms with Crippen LogP contribution in [0.3, 0.4) is 0 Å². The van der Waals surface area contributed by atoms with E-state index in [-0.39, 0.29) is 11.6 Å². The molecule has 0 saturated carbocycles. The highest BCUT2D eigenvalue weighted by atomic mass is 32.2. The van der Waals surface area contributed by atoms with Crippen molar-refractivity contribution < 1.29 is 12.8 Å². The zero-order chi connectivity index (χ0) is 12.9. The Hall–Kier alpha value is -0.980. The van der Waals surface area contributed by atoms with E-state index in [1.807, 2.05) is 0 Å². The first-order valence-corrected chi connectivity index (χ1v) is 6.95. The second kappa shape index (κ2) is 6.09. The molecule has 0 aliphatic carbocycles.